The van der Waals surface area contributed by atoms with E-state index in [9.17, 15) is 4.79 Å². The van der Waals surface area contributed by atoms with Gasteiger partial charge in [0.1, 0.15) is 0 Å². The number of allylic oxidation sites excluding steroid dienone is 2. The summed E-state index contributed by atoms with van der Waals surface area (Å²) in [6, 6.07) is 20.7. The smallest absolute Gasteiger partial charge is 0.179 e. The van der Waals surface area contributed by atoms with Crippen molar-refractivity contribution in [2.45, 2.75) is 32.7 Å². The highest BCUT2D eigenvalue weighted by Gasteiger charge is 2.39. The number of hydrogen-bond acceptors (Lipinski definition) is 2. The molecule has 1 heterocycles. The minimum atomic E-state index is -0.0813. The fourth-order valence-electron chi connectivity index (χ4n) is 4.74. The summed E-state index contributed by atoms with van der Waals surface area (Å²) < 4.78 is 0. The molecule has 0 fully saturated rings. The Hall–Kier alpha value is -2.58. The van der Waals surface area contributed by atoms with E-state index in [0.717, 1.165) is 23.3 Å². The van der Waals surface area contributed by atoms with Crippen LogP contribution in [0.3, 0.4) is 0 Å². The van der Waals surface area contributed by atoms with Crippen molar-refractivity contribution in [2.24, 2.45) is 5.41 Å². The van der Waals surface area contributed by atoms with E-state index >= 15 is 0 Å². The van der Waals surface area contributed by atoms with Crippen LogP contribution in [0.4, 0.5) is 0 Å². The van der Waals surface area contributed by atoms with Crippen LogP contribution in [0, 0.1) is 5.41 Å². The maximum atomic E-state index is 13.1. The predicted molar refractivity (Wildman–Crippen MR) is 115 cm³/mol. The van der Waals surface area contributed by atoms with Crippen molar-refractivity contribution < 1.29 is 4.79 Å². The highest BCUT2D eigenvalue weighted by atomic mass is 35.5. The molecule has 0 saturated carbocycles. The van der Waals surface area contributed by atoms with E-state index in [4.69, 9.17) is 11.6 Å². The van der Waals surface area contributed by atoms with Gasteiger partial charge < -0.3 is 5.32 Å². The molecule has 5 rings (SSSR count). The second-order valence-electron chi connectivity index (χ2n) is 8.68. The van der Waals surface area contributed by atoms with Crippen LogP contribution in [0.2, 0.25) is 5.02 Å². The molecule has 3 aromatic rings. The van der Waals surface area contributed by atoms with Gasteiger partial charge in [0, 0.05) is 11.4 Å². The minimum absolute atomic E-state index is 0.0330. The molecular weight excluding hydrogens is 366 g/mol. The third kappa shape index (κ3) is 2.75. The van der Waals surface area contributed by atoms with E-state index in [1.165, 1.54) is 21.9 Å². The van der Waals surface area contributed by atoms with Crippen LogP contribution in [0.5, 0.6) is 0 Å². The van der Waals surface area contributed by atoms with E-state index < -0.39 is 0 Å². The third-order valence-corrected chi connectivity index (χ3v) is 6.15. The molecule has 0 bridgehead atoms. The largest absolute Gasteiger partial charge is 0.371 e. The molecule has 2 nitrogen and oxygen atoms in total. The van der Waals surface area contributed by atoms with Gasteiger partial charge in [-0.3, -0.25) is 4.79 Å². The summed E-state index contributed by atoms with van der Waals surface area (Å²) in [7, 11) is 0. The number of rotatable bonds is 1. The van der Waals surface area contributed by atoms with Gasteiger partial charge in [-0.25, -0.2) is 0 Å². The molecule has 1 unspecified atom stereocenters. The van der Waals surface area contributed by atoms with Gasteiger partial charge in [0.05, 0.1) is 11.7 Å². The summed E-state index contributed by atoms with van der Waals surface area (Å²) >= 11 is 6.28. The number of hydrogen-bond donors (Lipinski definition) is 1. The summed E-state index contributed by atoms with van der Waals surface area (Å²) in [6.45, 7) is 4.37. The van der Waals surface area contributed by atoms with E-state index in [-0.39, 0.29) is 17.2 Å². The van der Waals surface area contributed by atoms with Crippen molar-refractivity contribution in [3.8, 4) is 0 Å². The van der Waals surface area contributed by atoms with Gasteiger partial charge in [0.25, 0.3) is 0 Å². The number of halogens is 1. The normalized spacial score (nSPS) is 20.5. The van der Waals surface area contributed by atoms with Crippen LogP contribution >= 0.6 is 11.6 Å². The van der Waals surface area contributed by atoms with Crippen LogP contribution in [0.15, 0.2) is 66.4 Å². The average Bonchev–Trinajstić information content (AvgIpc) is 2.66. The predicted octanol–water partition coefficient (Wildman–Crippen LogP) is 6.29. The lowest BCUT2D eigenvalue weighted by Gasteiger charge is -2.39. The second kappa shape index (κ2) is 6.22. The van der Waals surface area contributed by atoms with Crippen LogP contribution in [0.25, 0.3) is 16.3 Å². The molecule has 0 spiro atoms. The van der Waals surface area contributed by atoms with E-state index in [2.05, 4.69) is 61.6 Å². The molecule has 140 valence electrons. The summed E-state index contributed by atoms with van der Waals surface area (Å²) in [5, 5.41) is 6.70. The fraction of sp³-hybridized carbons (Fsp3) is 0.240. The zero-order chi connectivity index (χ0) is 19.5. The van der Waals surface area contributed by atoms with Gasteiger partial charge in [-0.05, 0) is 57.0 Å². The molecule has 1 aliphatic carbocycles. The standard InChI is InChI=1S/C25H22ClNO/c1-25(2)13-20-22-18-9-4-3-6-15(18)10-11-19(22)23(27-24(20)21(28)14-25)16-7-5-8-17(26)12-16/h3-12,23,27H,13-14H2,1-2H3. The van der Waals surface area contributed by atoms with E-state index in [1.54, 1.807) is 0 Å². The first-order valence-corrected chi connectivity index (χ1v) is 10.1. The Morgan fingerprint density at radius 3 is 2.64 bits per heavy atom. The Morgan fingerprint density at radius 1 is 1.00 bits per heavy atom. The zero-order valence-corrected chi connectivity index (χ0v) is 16.8. The van der Waals surface area contributed by atoms with Crippen molar-refractivity contribution in [2.75, 3.05) is 0 Å². The summed E-state index contributed by atoms with van der Waals surface area (Å²) in [6.07, 6.45) is 1.46. The second-order valence-corrected chi connectivity index (χ2v) is 9.11. The first-order chi connectivity index (χ1) is 13.4. The molecule has 1 atom stereocenters. The van der Waals surface area contributed by atoms with Gasteiger partial charge in [-0.2, -0.15) is 0 Å². The van der Waals surface area contributed by atoms with Crippen LogP contribution in [-0.4, -0.2) is 5.78 Å². The topological polar surface area (TPSA) is 29.1 Å². The summed E-state index contributed by atoms with van der Waals surface area (Å²) in [5.41, 5.74) is 5.42. The van der Waals surface area contributed by atoms with Crippen LogP contribution < -0.4 is 5.32 Å². The molecular formula is C25H22ClNO. The molecule has 1 aliphatic heterocycles. The molecule has 3 heteroatoms. The van der Waals surface area contributed by atoms with Crippen molar-refractivity contribution in [1.29, 1.82) is 0 Å². The maximum absolute atomic E-state index is 13.1. The van der Waals surface area contributed by atoms with Gasteiger partial charge >= 0.3 is 0 Å². The molecule has 0 saturated heterocycles. The number of benzene rings is 3. The highest BCUT2D eigenvalue weighted by Crippen LogP contribution is 2.48. The first kappa shape index (κ1) is 17.5. The SMILES string of the molecule is CC1(C)CC(=O)C2=C(C1)c1c(ccc3ccccc13)C(c1cccc(Cl)c1)N2. The quantitative estimate of drug-likeness (QED) is 0.531. The summed E-state index contributed by atoms with van der Waals surface area (Å²) in [5.74, 6) is 0.205. The van der Waals surface area contributed by atoms with Gasteiger partial charge in [-0.1, -0.05) is 74.0 Å². The van der Waals surface area contributed by atoms with Crippen molar-refractivity contribution in [3.05, 3.63) is 88.1 Å². The van der Waals surface area contributed by atoms with Crippen molar-refractivity contribution >= 4 is 33.7 Å². The van der Waals surface area contributed by atoms with Gasteiger partial charge in [-0.15, -0.1) is 0 Å². The average molecular weight is 388 g/mol. The molecule has 1 N–H and O–H groups in total. The monoisotopic (exact) mass is 387 g/mol. The Morgan fingerprint density at radius 2 is 1.82 bits per heavy atom. The Kier molecular flexibility index (Phi) is 3.89. The number of fused-ring (bicyclic) bond motifs is 4. The highest BCUT2D eigenvalue weighted by molar-refractivity contribution is 6.30. The van der Waals surface area contributed by atoms with Gasteiger partial charge in [0.15, 0.2) is 5.78 Å². The molecule has 2 aliphatic rings. The number of ketones is 1. The number of Topliss-reactive ketones (excluding diaryl/α,β-unsaturated/α-hetero) is 1. The van der Waals surface area contributed by atoms with E-state index in [1.807, 2.05) is 18.2 Å². The lowest BCUT2D eigenvalue weighted by molar-refractivity contribution is -0.118. The van der Waals surface area contributed by atoms with E-state index in [0.29, 0.717) is 11.4 Å². The zero-order valence-electron chi connectivity index (χ0n) is 16.1. The van der Waals surface area contributed by atoms with Crippen LogP contribution in [-0.2, 0) is 4.79 Å². The third-order valence-electron chi connectivity index (χ3n) is 5.92. The molecule has 3 aromatic carbocycles. The van der Waals surface area contributed by atoms with Crippen molar-refractivity contribution in [1.82, 2.24) is 5.32 Å². The van der Waals surface area contributed by atoms with Crippen molar-refractivity contribution in [3.63, 3.8) is 0 Å². The lowest BCUT2D eigenvalue weighted by atomic mass is 9.70. The van der Waals surface area contributed by atoms with Gasteiger partial charge in [0.2, 0.25) is 0 Å². The number of carbonyl (C=O) groups is 1. The lowest BCUT2D eigenvalue weighted by Crippen LogP contribution is -2.37. The Labute approximate surface area is 170 Å². The maximum Gasteiger partial charge on any atom is 0.179 e. The van der Waals surface area contributed by atoms with Crippen LogP contribution in [0.1, 0.15) is 49.4 Å². The Balaban J connectivity index is 1.81. The fourth-order valence-corrected chi connectivity index (χ4v) is 4.94. The first-order valence-electron chi connectivity index (χ1n) is 9.73. The number of carbonyl (C=O) groups excluding carboxylic acids is 1. The molecule has 28 heavy (non-hydrogen) atoms. The minimum Gasteiger partial charge on any atom is -0.371 e. The number of nitrogens with one attached hydrogen (secondary N) is 1. The molecule has 0 radical (unpaired) electrons. The Bertz CT molecular complexity index is 1160. The summed E-state index contributed by atoms with van der Waals surface area (Å²) in [4.78, 5) is 13.1. The molecule has 0 aromatic heterocycles. The molecule has 0 amide bonds.